The number of pyridine rings is 1. The summed E-state index contributed by atoms with van der Waals surface area (Å²) < 4.78 is 10.8. The second kappa shape index (κ2) is 4.74. The van der Waals surface area contributed by atoms with Gasteiger partial charge in [0.2, 0.25) is 0 Å². The minimum absolute atomic E-state index is 0.763. The summed E-state index contributed by atoms with van der Waals surface area (Å²) in [5, 5.41) is 0. The molecule has 0 aliphatic heterocycles. The fraction of sp³-hybridized carbons (Fsp3) is 0.0714. The van der Waals surface area contributed by atoms with Crippen LogP contribution in [0.15, 0.2) is 62.7 Å². The van der Waals surface area contributed by atoms with E-state index in [0.29, 0.717) is 0 Å². The van der Waals surface area contributed by atoms with E-state index in [9.17, 15) is 0 Å². The van der Waals surface area contributed by atoms with Gasteiger partial charge in [-0.25, -0.2) is 4.98 Å². The van der Waals surface area contributed by atoms with Crippen molar-refractivity contribution in [3.8, 4) is 22.9 Å². The molecule has 0 N–H and O–H groups in total. The van der Waals surface area contributed by atoms with Gasteiger partial charge in [0.1, 0.15) is 11.4 Å². The van der Waals surface area contributed by atoms with Gasteiger partial charge < -0.3 is 8.83 Å². The Labute approximate surface area is 109 Å². The standard InChI is InChI=1S/C14H11NO2S/c1-18-10-8-11(13-4-2-6-16-13)15-12(9-10)14-5-3-7-17-14/h2-9H,1H3. The van der Waals surface area contributed by atoms with Gasteiger partial charge in [-0.3, -0.25) is 0 Å². The van der Waals surface area contributed by atoms with E-state index in [2.05, 4.69) is 4.98 Å². The van der Waals surface area contributed by atoms with E-state index in [1.165, 1.54) is 0 Å². The predicted molar refractivity (Wildman–Crippen MR) is 71.4 cm³/mol. The monoisotopic (exact) mass is 257 g/mol. The van der Waals surface area contributed by atoms with Crippen molar-refractivity contribution < 1.29 is 8.83 Å². The van der Waals surface area contributed by atoms with E-state index in [0.717, 1.165) is 27.8 Å². The van der Waals surface area contributed by atoms with Crippen LogP contribution in [0.2, 0.25) is 0 Å². The van der Waals surface area contributed by atoms with Gasteiger partial charge in [0, 0.05) is 4.90 Å². The van der Waals surface area contributed by atoms with Gasteiger partial charge in [0.25, 0.3) is 0 Å². The van der Waals surface area contributed by atoms with Gasteiger partial charge in [0.15, 0.2) is 11.5 Å². The second-order valence-corrected chi connectivity index (χ2v) is 4.61. The van der Waals surface area contributed by atoms with E-state index in [4.69, 9.17) is 8.83 Å². The molecule has 0 amide bonds. The lowest BCUT2D eigenvalue weighted by Crippen LogP contribution is -1.87. The normalized spacial score (nSPS) is 10.7. The average molecular weight is 257 g/mol. The first-order chi connectivity index (χ1) is 8.86. The molecule has 0 aromatic carbocycles. The first kappa shape index (κ1) is 11.2. The van der Waals surface area contributed by atoms with Gasteiger partial charge in [0.05, 0.1) is 12.5 Å². The summed E-state index contributed by atoms with van der Waals surface area (Å²) in [7, 11) is 0. The third kappa shape index (κ3) is 2.07. The lowest BCUT2D eigenvalue weighted by molar-refractivity contribution is 0.575. The summed E-state index contributed by atoms with van der Waals surface area (Å²) in [6, 6.07) is 11.5. The van der Waals surface area contributed by atoms with Crippen molar-refractivity contribution in [3.63, 3.8) is 0 Å². The topological polar surface area (TPSA) is 39.2 Å². The Morgan fingerprint density at radius 2 is 1.50 bits per heavy atom. The van der Waals surface area contributed by atoms with Crippen LogP contribution in [0.3, 0.4) is 0 Å². The van der Waals surface area contributed by atoms with Crippen LogP contribution < -0.4 is 0 Å². The maximum atomic E-state index is 5.39. The summed E-state index contributed by atoms with van der Waals surface area (Å²) >= 11 is 1.67. The molecule has 90 valence electrons. The lowest BCUT2D eigenvalue weighted by Gasteiger charge is -2.04. The highest BCUT2D eigenvalue weighted by Crippen LogP contribution is 2.28. The van der Waals surface area contributed by atoms with E-state index >= 15 is 0 Å². The smallest absolute Gasteiger partial charge is 0.152 e. The molecule has 0 aliphatic carbocycles. The predicted octanol–water partition coefficient (Wildman–Crippen LogP) is 4.32. The highest BCUT2D eigenvalue weighted by molar-refractivity contribution is 7.98. The number of thioether (sulfide) groups is 1. The number of hydrogen-bond acceptors (Lipinski definition) is 4. The van der Waals surface area contributed by atoms with Gasteiger partial charge in [-0.15, -0.1) is 11.8 Å². The fourth-order valence-electron chi connectivity index (χ4n) is 1.72. The van der Waals surface area contributed by atoms with E-state index in [1.807, 2.05) is 42.7 Å². The summed E-state index contributed by atoms with van der Waals surface area (Å²) in [6.45, 7) is 0. The van der Waals surface area contributed by atoms with Crippen molar-refractivity contribution in [2.24, 2.45) is 0 Å². The first-order valence-electron chi connectivity index (χ1n) is 5.50. The zero-order valence-electron chi connectivity index (χ0n) is 9.79. The Bertz CT molecular complexity index is 577. The Morgan fingerprint density at radius 3 is 1.89 bits per heavy atom. The number of aromatic nitrogens is 1. The van der Waals surface area contributed by atoms with Crippen LogP contribution in [-0.4, -0.2) is 11.2 Å². The molecular weight excluding hydrogens is 246 g/mol. The minimum atomic E-state index is 0.763. The molecule has 0 unspecified atom stereocenters. The molecule has 0 atom stereocenters. The fourth-order valence-corrected chi connectivity index (χ4v) is 2.18. The van der Waals surface area contributed by atoms with E-state index < -0.39 is 0 Å². The van der Waals surface area contributed by atoms with Crippen LogP contribution in [0, 0.1) is 0 Å². The SMILES string of the molecule is CSc1cc(-c2ccco2)nc(-c2ccco2)c1. The Hall–Kier alpha value is -1.94. The van der Waals surface area contributed by atoms with Crippen LogP contribution in [-0.2, 0) is 0 Å². The molecule has 0 radical (unpaired) electrons. The maximum Gasteiger partial charge on any atom is 0.152 e. The second-order valence-electron chi connectivity index (χ2n) is 3.73. The molecule has 0 saturated heterocycles. The van der Waals surface area contributed by atoms with Crippen LogP contribution in [0.4, 0.5) is 0 Å². The molecule has 18 heavy (non-hydrogen) atoms. The van der Waals surface area contributed by atoms with Crippen molar-refractivity contribution in [3.05, 3.63) is 48.9 Å². The highest BCUT2D eigenvalue weighted by atomic mass is 32.2. The van der Waals surface area contributed by atoms with Gasteiger partial charge in [-0.2, -0.15) is 0 Å². The molecule has 3 heterocycles. The molecule has 0 aliphatic rings. The summed E-state index contributed by atoms with van der Waals surface area (Å²) in [6.07, 6.45) is 5.33. The van der Waals surface area contributed by atoms with Gasteiger partial charge in [-0.1, -0.05) is 0 Å². The average Bonchev–Trinajstić information content (AvgIpc) is 3.10. The van der Waals surface area contributed by atoms with E-state index in [1.54, 1.807) is 24.3 Å². The summed E-state index contributed by atoms with van der Waals surface area (Å²) in [5.74, 6) is 1.53. The molecule has 0 fully saturated rings. The van der Waals surface area contributed by atoms with Gasteiger partial charge in [-0.05, 0) is 42.7 Å². The molecule has 3 rings (SSSR count). The number of rotatable bonds is 3. The summed E-state index contributed by atoms with van der Waals surface area (Å²) in [5.41, 5.74) is 1.64. The Balaban J connectivity index is 2.13. The van der Waals surface area contributed by atoms with Crippen LogP contribution in [0.25, 0.3) is 22.9 Å². The Morgan fingerprint density at radius 1 is 0.944 bits per heavy atom. The summed E-state index contributed by atoms with van der Waals surface area (Å²) in [4.78, 5) is 5.69. The zero-order valence-corrected chi connectivity index (χ0v) is 10.6. The Kier molecular flexibility index (Phi) is 2.94. The van der Waals surface area contributed by atoms with Crippen molar-refractivity contribution >= 4 is 11.8 Å². The lowest BCUT2D eigenvalue weighted by atomic mass is 10.2. The number of hydrogen-bond donors (Lipinski definition) is 0. The molecule has 3 aromatic heterocycles. The highest BCUT2D eigenvalue weighted by Gasteiger charge is 2.09. The molecule has 3 nitrogen and oxygen atoms in total. The van der Waals surface area contributed by atoms with Crippen LogP contribution >= 0.6 is 11.8 Å². The molecular formula is C14H11NO2S. The molecule has 0 bridgehead atoms. The van der Waals surface area contributed by atoms with Crippen LogP contribution in [0.5, 0.6) is 0 Å². The molecule has 0 spiro atoms. The van der Waals surface area contributed by atoms with Gasteiger partial charge >= 0.3 is 0 Å². The zero-order chi connectivity index (χ0) is 12.4. The minimum Gasteiger partial charge on any atom is -0.463 e. The third-order valence-electron chi connectivity index (χ3n) is 2.58. The number of furan rings is 2. The van der Waals surface area contributed by atoms with Crippen molar-refractivity contribution in [2.75, 3.05) is 6.26 Å². The quantitative estimate of drug-likeness (QED) is 0.655. The third-order valence-corrected chi connectivity index (χ3v) is 3.29. The van der Waals surface area contributed by atoms with E-state index in [-0.39, 0.29) is 0 Å². The number of nitrogens with zero attached hydrogens (tertiary/aromatic N) is 1. The first-order valence-corrected chi connectivity index (χ1v) is 6.73. The molecule has 0 saturated carbocycles. The molecule has 4 heteroatoms. The van der Waals surface area contributed by atoms with Crippen molar-refractivity contribution in [1.82, 2.24) is 4.98 Å². The largest absolute Gasteiger partial charge is 0.463 e. The maximum absolute atomic E-state index is 5.39. The molecule has 3 aromatic rings. The van der Waals surface area contributed by atoms with Crippen LogP contribution in [0.1, 0.15) is 0 Å². The van der Waals surface area contributed by atoms with Crippen molar-refractivity contribution in [1.29, 1.82) is 0 Å². The van der Waals surface area contributed by atoms with Crippen molar-refractivity contribution in [2.45, 2.75) is 4.90 Å².